The highest BCUT2D eigenvalue weighted by Gasteiger charge is 2.54. The molecule has 0 saturated carbocycles. The fourth-order valence-electron chi connectivity index (χ4n) is 3.18. The average molecular weight is 417 g/mol. The summed E-state index contributed by atoms with van der Waals surface area (Å²) in [6.07, 6.45) is 0.391. The summed E-state index contributed by atoms with van der Waals surface area (Å²) in [5.74, 6) is -0.432. The van der Waals surface area contributed by atoms with Crippen LogP contribution in [0.2, 0.25) is 0 Å². The van der Waals surface area contributed by atoms with Gasteiger partial charge in [0.15, 0.2) is 5.11 Å². The second-order valence-corrected chi connectivity index (χ2v) is 7.47. The smallest absolute Gasteiger partial charge is 0.259 e. The Kier molecular flexibility index (Phi) is 4.75. The molecule has 4 nitrogen and oxygen atoms in total. The number of hydrogen-bond donors (Lipinski definition) is 0. The topological polar surface area (TPSA) is 40.6 Å². The molecule has 0 N–H and O–H groups in total. The number of benzene rings is 2. The molecule has 0 spiro atoms. The third-order valence-electron chi connectivity index (χ3n) is 4.33. The summed E-state index contributed by atoms with van der Waals surface area (Å²) in [7, 11) is 0. The van der Waals surface area contributed by atoms with Crippen molar-refractivity contribution in [3.8, 4) is 0 Å². The molecule has 6 heteroatoms. The van der Waals surface area contributed by atoms with Crippen LogP contribution in [0.15, 0.2) is 59.1 Å². The van der Waals surface area contributed by atoms with Crippen molar-refractivity contribution in [3.63, 3.8) is 0 Å². The monoisotopic (exact) mass is 416 g/mol. The summed E-state index contributed by atoms with van der Waals surface area (Å²) in [4.78, 5) is 28.4. The van der Waals surface area contributed by atoms with Crippen LogP contribution in [0.4, 0.5) is 5.69 Å². The molecule has 128 valence electrons. The van der Waals surface area contributed by atoms with Gasteiger partial charge in [-0.25, -0.2) is 0 Å². The highest BCUT2D eigenvalue weighted by atomic mass is 79.9. The van der Waals surface area contributed by atoms with E-state index in [2.05, 4.69) is 15.9 Å². The second kappa shape index (κ2) is 6.69. The molecular formula is C19H17BrN2O2S. The maximum absolute atomic E-state index is 13.3. The Bertz CT molecular complexity index is 838. The number of rotatable bonds is 3. The summed E-state index contributed by atoms with van der Waals surface area (Å²) in [6, 6.07) is 16.9. The SMILES string of the molecule is CC(=O)N1C(=S)N(c2ccccc2)C(=O)[C@]1(C)Cc1ccc(Br)cc1. The Labute approximate surface area is 160 Å². The normalized spacial score (nSPS) is 20.3. The van der Waals surface area contributed by atoms with Gasteiger partial charge in [0.05, 0.1) is 5.69 Å². The van der Waals surface area contributed by atoms with E-state index in [9.17, 15) is 9.59 Å². The lowest BCUT2D eigenvalue weighted by Gasteiger charge is -2.30. The van der Waals surface area contributed by atoms with Gasteiger partial charge in [-0.3, -0.25) is 19.4 Å². The van der Waals surface area contributed by atoms with Crippen LogP contribution in [0, 0.1) is 0 Å². The number of anilines is 1. The van der Waals surface area contributed by atoms with Gasteiger partial charge in [0, 0.05) is 17.8 Å². The van der Waals surface area contributed by atoms with Crippen LogP contribution in [0.5, 0.6) is 0 Å². The number of thiocarbonyl (C=S) groups is 1. The van der Waals surface area contributed by atoms with Gasteiger partial charge in [0.25, 0.3) is 5.91 Å². The van der Waals surface area contributed by atoms with Crippen molar-refractivity contribution in [1.82, 2.24) is 4.90 Å². The van der Waals surface area contributed by atoms with E-state index in [-0.39, 0.29) is 16.9 Å². The lowest BCUT2D eigenvalue weighted by atomic mass is 9.91. The molecule has 0 aliphatic carbocycles. The number of amides is 2. The number of carbonyl (C=O) groups excluding carboxylic acids is 2. The quantitative estimate of drug-likeness (QED) is 0.711. The number of carbonyl (C=O) groups is 2. The number of halogens is 1. The Hall–Kier alpha value is -2.05. The third kappa shape index (κ3) is 3.12. The van der Waals surface area contributed by atoms with Crippen LogP contribution in [-0.4, -0.2) is 27.4 Å². The maximum atomic E-state index is 13.3. The van der Waals surface area contributed by atoms with Gasteiger partial charge in [-0.1, -0.05) is 46.3 Å². The summed E-state index contributed by atoms with van der Waals surface area (Å²) >= 11 is 8.89. The Balaban J connectivity index is 2.03. The van der Waals surface area contributed by atoms with Gasteiger partial charge in [-0.2, -0.15) is 0 Å². The Morgan fingerprint density at radius 1 is 1.12 bits per heavy atom. The van der Waals surface area contributed by atoms with E-state index < -0.39 is 5.54 Å². The molecule has 0 aromatic heterocycles. The molecule has 25 heavy (non-hydrogen) atoms. The van der Waals surface area contributed by atoms with Gasteiger partial charge >= 0.3 is 0 Å². The minimum atomic E-state index is -1.05. The van der Waals surface area contributed by atoms with E-state index in [0.717, 1.165) is 10.0 Å². The molecule has 2 aromatic rings. The van der Waals surface area contributed by atoms with Crippen molar-refractivity contribution in [3.05, 3.63) is 64.6 Å². The standard InChI is InChI=1S/C19H17BrN2O2S/c1-13(23)22-18(25)21(16-6-4-3-5-7-16)17(24)19(22,2)12-14-8-10-15(20)11-9-14/h3-11H,12H2,1-2H3/t19-/m0/s1. The summed E-state index contributed by atoms with van der Waals surface area (Å²) in [5.41, 5.74) is 0.582. The molecule has 1 aliphatic rings. The van der Waals surface area contributed by atoms with E-state index in [0.29, 0.717) is 12.1 Å². The fraction of sp³-hybridized carbons (Fsp3) is 0.211. The molecule has 2 aromatic carbocycles. The zero-order valence-electron chi connectivity index (χ0n) is 13.9. The first kappa shape index (κ1) is 17.8. The predicted molar refractivity (Wildman–Crippen MR) is 105 cm³/mol. The maximum Gasteiger partial charge on any atom is 0.259 e. The zero-order valence-corrected chi connectivity index (χ0v) is 16.3. The molecule has 1 saturated heterocycles. The molecule has 0 unspecified atom stereocenters. The van der Waals surface area contributed by atoms with E-state index >= 15 is 0 Å². The van der Waals surface area contributed by atoms with Crippen LogP contribution < -0.4 is 4.90 Å². The van der Waals surface area contributed by atoms with Crippen LogP contribution in [0.3, 0.4) is 0 Å². The fourth-order valence-corrected chi connectivity index (χ4v) is 3.96. The minimum Gasteiger partial charge on any atom is -0.275 e. The highest BCUT2D eigenvalue weighted by Crippen LogP contribution is 2.35. The van der Waals surface area contributed by atoms with Crippen LogP contribution in [0.25, 0.3) is 0 Å². The summed E-state index contributed by atoms with van der Waals surface area (Å²) < 4.78 is 0.962. The molecule has 0 bridgehead atoms. The molecule has 3 rings (SSSR count). The minimum absolute atomic E-state index is 0.193. The number of nitrogens with zero attached hydrogens (tertiary/aromatic N) is 2. The Morgan fingerprint density at radius 2 is 1.72 bits per heavy atom. The Morgan fingerprint density at radius 3 is 2.28 bits per heavy atom. The van der Waals surface area contributed by atoms with Crippen molar-refractivity contribution < 1.29 is 9.59 Å². The first-order valence-corrected chi connectivity index (χ1v) is 9.03. The zero-order chi connectivity index (χ0) is 18.2. The van der Waals surface area contributed by atoms with Crippen LogP contribution in [0.1, 0.15) is 19.4 Å². The van der Waals surface area contributed by atoms with E-state index in [1.807, 2.05) is 54.6 Å². The lowest BCUT2D eigenvalue weighted by Crippen LogP contribution is -2.50. The first-order valence-electron chi connectivity index (χ1n) is 7.83. The van der Waals surface area contributed by atoms with Crippen molar-refractivity contribution in [2.24, 2.45) is 0 Å². The van der Waals surface area contributed by atoms with Crippen molar-refractivity contribution in [2.45, 2.75) is 25.8 Å². The van der Waals surface area contributed by atoms with Gasteiger partial charge in [0.1, 0.15) is 5.54 Å². The molecular weight excluding hydrogens is 400 g/mol. The van der Waals surface area contributed by atoms with Crippen LogP contribution in [-0.2, 0) is 16.0 Å². The van der Waals surface area contributed by atoms with Crippen molar-refractivity contribution in [2.75, 3.05) is 4.90 Å². The molecule has 1 heterocycles. The lowest BCUT2D eigenvalue weighted by molar-refractivity contribution is -0.135. The molecule has 1 atom stereocenters. The first-order chi connectivity index (χ1) is 11.8. The number of hydrogen-bond acceptors (Lipinski definition) is 3. The molecule has 0 radical (unpaired) electrons. The third-order valence-corrected chi connectivity index (χ3v) is 5.22. The average Bonchev–Trinajstić information content (AvgIpc) is 2.77. The largest absolute Gasteiger partial charge is 0.275 e. The number of para-hydroxylation sites is 1. The van der Waals surface area contributed by atoms with Gasteiger partial charge in [-0.15, -0.1) is 0 Å². The van der Waals surface area contributed by atoms with Gasteiger partial charge in [0.2, 0.25) is 5.91 Å². The van der Waals surface area contributed by atoms with E-state index in [1.165, 1.54) is 16.7 Å². The molecule has 1 fully saturated rings. The summed E-state index contributed by atoms with van der Waals surface area (Å²) in [6.45, 7) is 3.21. The van der Waals surface area contributed by atoms with Crippen LogP contribution >= 0.6 is 28.1 Å². The highest BCUT2D eigenvalue weighted by molar-refractivity contribution is 9.10. The second-order valence-electron chi connectivity index (χ2n) is 6.19. The van der Waals surface area contributed by atoms with Crippen molar-refractivity contribution >= 4 is 50.8 Å². The summed E-state index contributed by atoms with van der Waals surface area (Å²) in [5, 5.41) is 0.225. The molecule has 1 aliphatic heterocycles. The molecule has 2 amide bonds. The van der Waals surface area contributed by atoms with Crippen molar-refractivity contribution in [1.29, 1.82) is 0 Å². The van der Waals surface area contributed by atoms with E-state index in [1.54, 1.807) is 6.92 Å². The van der Waals surface area contributed by atoms with E-state index in [4.69, 9.17) is 12.2 Å². The van der Waals surface area contributed by atoms with Gasteiger partial charge < -0.3 is 0 Å². The van der Waals surface area contributed by atoms with Gasteiger partial charge in [-0.05, 0) is 49.0 Å². The predicted octanol–water partition coefficient (Wildman–Crippen LogP) is 3.93.